The molecule has 0 aliphatic heterocycles. The number of thioether (sulfide) groups is 1. The van der Waals surface area contributed by atoms with E-state index in [0.29, 0.717) is 35.8 Å². The van der Waals surface area contributed by atoms with Crippen molar-refractivity contribution in [3.05, 3.63) is 129 Å². The number of hydrogen-bond acceptors (Lipinski definition) is 4. The maximum Gasteiger partial charge on any atom is 0.257 e. The summed E-state index contributed by atoms with van der Waals surface area (Å²) in [6, 6.07) is 26.9. The van der Waals surface area contributed by atoms with Crippen molar-refractivity contribution in [2.45, 2.75) is 62.3 Å². The van der Waals surface area contributed by atoms with Crippen molar-refractivity contribution in [2.75, 3.05) is 6.54 Å². The quantitative estimate of drug-likeness (QED) is 0.142. The van der Waals surface area contributed by atoms with Gasteiger partial charge < -0.3 is 5.32 Å². The number of hydrogen-bond donors (Lipinski definition) is 1. The smallest absolute Gasteiger partial charge is 0.257 e. The van der Waals surface area contributed by atoms with E-state index < -0.39 is 0 Å². The predicted molar refractivity (Wildman–Crippen MR) is 165 cm³/mol. The fourth-order valence-electron chi connectivity index (χ4n) is 4.96. The van der Waals surface area contributed by atoms with Gasteiger partial charge in [0.25, 0.3) is 5.56 Å². The van der Waals surface area contributed by atoms with Gasteiger partial charge in [-0.1, -0.05) is 104 Å². The highest BCUT2D eigenvalue weighted by Crippen LogP contribution is 2.28. The van der Waals surface area contributed by atoms with Crippen molar-refractivity contribution in [3.8, 4) is 0 Å². The lowest BCUT2D eigenvalue weighted by molar-refractivity contribution is -0.120. The fourth-order valence-corrected chi connectivity index (χ4v) is 6.12. The molecule has 0 aliphatic carbocycles. The molecule has 214 valence electrons. The zero-order chi connectivity index (χ0) is 29.2. The predicted octanol–water partition coefficient (Wildman–Crippen LogP) is 6.81. The monoisotopic (exact) mass is 571 g/mol. The Morgan fingerprint density at radius 1 is 0.951 bits per heavy atom. The lowest BCUT2D eigenvalue weighted by Crippen LogP contribution is -2.35. The number of rotatable bonds is 13. The minimum absolute atomic E-state index is 0.0365. The topological polar surface area (TPSA) is 64.0 Å². The van der Waals surface area contributed by atoms with Crippen molar-refractivity contribution in [1.82, 2.24) is 14.9 Å². The van der Waals surface area contributed by atoms with E-state index in [1.807, 2.05) is 43.3 Å². The number of amides is 1. The third kappa shape index (κ3) is 8.17. The largest absolute Gasteiger partial charge is 0.355 e. The molecule has 0 saturated carbocycles. The number of aryl methyl sites for hydroxylation is 1. The molecule has 5 nitrogen and oxygen atoms in total. The first kappa shape index (κ1) is 30.3. The van der Waals surface area contributed by atoms with Crippen LogP contribution in [-0.4, -0.2) is 27.3 Å². The molecule has 4 aromatic rings. The van der Waals surface area contributed by atoms with Gasteiger partial charge in [-0.3, -0.25) is 14.2 Å². The minimum Gasteiger partial charge on any atom is -0.355 e. The second kappa shape index (κ2) is 14.8. The molecule has 0 bridgehead atoms. The Morgan fingerprint density at radius 3 is 2.15 bits per heavy atom. The standard InChI is InChI=1S/C34H38FN3O2S/c1-4-5-16-31(32(39)36-22-21-29(26-12-8-6-9-13-26)27-14-10-7-11-15-27)41-34-37-24(2)30(33(40)38(34)3)23-25-17-19-28(35)20-18-25/h6-15,17-20,29,31H,4-5,16,21-23H2,1-3H3,(H,36,39). The van der Waals surface area contributed by atoms with Crippen LogP contribution < -0.4 is 10.9 Å². The first-order valence-corrected chi connectivity index (χ1v) is 15.1. The van der Waals surface area contributed by atoms with Crippen LogP contribution >= 0.6 is 11.8 Å². The number of carbonyl (C=O) groups excluding carboxylic acids is 1. The molecule has 1 N–H and O–H groups in total. The highest BCUT2D eigenvalue weighted by molar-refractivity contribution is 8.00. The molecule has 4 rings (SSSR count). The molecule has 0 saturated heterocycles. The molecule has 0 radical (unpaired) electrons. The molecule has 0 aliphatic rings. The van der Waals surface area contributed by atoms with Crippen molar-refractivity contribution < 1.29 is 9.18 Å². The van der Waals surface area contributed by atoms with Gasteiger partial charge in [-0.15, -0.1) is 0 Å². The van der Waals surface area contributed by atoms with E-state index in [1.165, 1.54) is 39.6 Å². The molecule has 7 heteroatoms. The first-order valence-electron chi connectivity index (χ1n) is 14.2. The Bertz CT molecular complexity index is 1430. The van der Waals surface area contributed by atoms with Crippen molar-refractivity contribution in [1.29, 1.82) is 0 Å². The van der Waals surface area contributed by atoms with Crippen LogP contribution in [0, 0.1) is 12.7 Å². The summed E-state index contributed by atoms with van der Waals surface area (Å²) < 4.78 is 14.9. The van der Waals surface area contributed by atoms with Crippen LogP contribution in [0.1, 0.15) is 66.5 Å². The summed E-state index contributed by atoms with van der Waals surface area (Å²) in [7, 11) is 1.70. The Kier molecular flexibility index (Phi) is 10.9. The van der Waals surface area contributed by atoms with Gasteiger partial charge in [-0.2, -0.15) is 0 Å². The Labute approximate surface area is 246 Å². The van der Waals surface area contributed by atoms with Gasteiger partial charge in [-0.05, 0) is 48.6 Å². The Balaban J connectivity index is 1.47. The maximum atomic E-state index is 13.4. The lowest BCUT2D eigenvalue weighted by atomic mass is 9.88. The first-order chi connectivity index (χ1) is 19.9. The number of nitrogens with zero attached hydrogens (tertiary/aromatic N) is 2. The van der Waals surface area contributed by atoms with E-state index in [4.69, 9.17) is 4.98 Å². The zero-order valence-electron chi connectivity index (χ0n) is 24.0. The summed E-state index contributed by atoms with van der Waals surface area (Å²) in [5.74, 6) is -0.167. The third-order valence-corrected chi connectivity index (χ3v) is 8.65. The molecule has 1 amide bonds. The van der Waals surface area contributed by atoms with Gasteiger partial charge in [0.15, 0.2) is 5.16 Å². The van der Waals surface area contributed by atoms with E-state index >= 15 is 0 Å². The molecule has 0 spiro atoms. The fraction of sp³-hybridized carbons (Fsp3) is 0.324. The van der Waals surface area contributed by atoms with E-state index in [2.05, 4.69) is 36.5 Å². The summed E-state index contributed by atoms with van der Waals surface area (Å²) in [5, 5.41) is 3.34. The molecule has 41 heavy (non-hydrogen) atoms. The van der Waals surface area contributed by atoms with Crippen LogP contribution in [0.4, 0.5) is 4.39 Å². The van der Waals surface area contributed by atoms with E-state index in [0.717, 1.165) is 24.8 Å². The average molecular weight is 572 g/mol. The SMILES string of the molecule is CCCCC(Sc1nc(C)c(Cc2ccc(F)cc2)c(=O)n1C)C(=O)NCCC(c1ccccc1)c1ccccc1. The average Bonchev–Trinajstić information content (AvgIpc) is 2.99. The summed E-state index contributed by atoms with van der Waals surface area (Å²) in [4.78, 5) is 31.5. The van der Waals surface area contributed by atoms with Gasteiger partial charge in [0.05, 0.1) is 5.25 Å². The molecule has 1 unspecified atom stereocenters. The molecule has 1 aromatic heterocycles. The Hall–Kier alpha value is -3.71. The highest BCUT2D eigenvalue weighted by Gasteiger charge is 2.23. The number of halogens is 1. The molecule has 3 aromatic carbocycles. The van der Waals surface area contributed by atoms with Crippen LogP contribution in [0.15, 0.2) is 94.9 Å². The van der Waals surface area contributed by atoms with Gasteiger partial charge in [0.2, 0.25) is 5.91 Å². The summed E-state index contributed by atoms with van der Waals surface area (Å²) >= 11 is 1.35. The Morgan fingerprint density at radius 2 is 1.56 bits per heavy atom. The van der Waals surface area contributed by atoms with E-state index in [9.17, 15) is 14.0 Å². The number of benzene rings is 3. The minimum atomic E-state index is -0.359. The number of aromatic nitrogens is 2. The molecular weight excluding hydrogens is 533 g/mol. The van der Waals surface area contributed by atoms with Gasteiger partial charge in [0, 0.05) is 37.2 Å². The van der Waals surface area contributed by atoms with Gasteiger partial charge in [-0.25, -0.2) is 9.37 Å². The second-order valence-electron chi connectivity index (χ2n) is 10.3. The molecular formula is C34H38FN3O2S. The number of nitrogens with one attached hydrogen (secondary N) is 1. The van der Waals surface area contributed by atoms with Crippen molar-refractivity contribution >= 4 is 17.7 Å². The molecule has 0 fully saturated rings. The highest BCUT2D eigenvalue weighted by atomic mass is 32.2. The number of unbranched alkanes of at least 4 members (excludes halogenated alkanes) is 1. The van der Waals surface area contributed by atoms with Crippen LogP contribution in [0.3, 0.4) is 0 Å². The van der Waals surface area contributed by atoms with Gasteiger partial charge in [0.1, 0.15) is 5.82 Å². The third-order valence-electron chi connectivity index (χ3n) is 7.34. The summed E-state index contributed by atoms with van der Waals surface area (Å²) in [6.45, 7) is 4.46. The number of carbonyl (C=O) groups is 1. The molecule has 1 atom stereocenters. The van der Waals surface area contributed by atoms with E-state index in [1.54, 1.807) is 19.2 Å². The van der Waals surface area contributed by atoms with Crippen LogP contribution in [0.5, 0.6) is 0 Å². The zero-order valence-corrected chi connectivity index (χ0v) is 24.8. The summed E-state index contributed by atoms with van der Waals surface area (Å²) in [6.07, 6.45) is 3.72. The second-order valence-corrected chi connectivity index (χ2v) is 11.5. The van der Waals surface area contributed by atoms with Crippen molar-refractivity contribution in [3.63, 3.8) is 0 Å². The summed E-state index contributed by atoms with van der Waals surface area (Å²) in [5.41, 5.74) is 4.35. The van der Waals surface area contributed by atoms with Gasteiger partial charge >= 0.3 is 0 Å². The lowest BCUT2D eigenvalue weighted by Gasteiger charge is -2.21. The normalized spacial score (nSPS) is 11.9. The van der Waals surface area contributed by atoms with Crippen LogP contribution in [-0.2, 0) is 18.3 Å². The van der Waals surface area contributed by atoms with E-state index in [-0.39, 0.29) is 28.5 Å². The van der Waals surface area contributed by atoms with Crippen molar-refractivity contribution in [2.24, 2.45) is 7.05 Å². The molecule has 1 heterocycles. The maximum absolute atomic E-state index is 13.4. The van der Waals surface area contributed by atoms with Crippen LogP contribution in [0.2, 0.25) is 0 Å². The van der Waals surface area contributed by atoms with Crippen LogP contribution in [0.25, 0.3) is 0 Å².